The minimum Gasteiger partial charge on any atom is -0.486 e. The Morgan fingerprint density at radius 3 is 2.79 bits per heavy atom. The number of anilines is 2. The molecule has 0 bridgehead atoms. The number of primary amides is 1. The first-order valence-corrected chi connectivity index (χ1v) is 9.86. The van der Waals surface area contributed by atoms with E-state index in [0.29, 0.717) is 54.3 Å². The Kier molecular flexibility index (Phi) is 5.21. The van der Waals surface area contributed by atoms with Gasteiger partial charge in [0.05, 0.1) is 12.1 Å². The predicted molar refractivity (Wildman–Crippen MR) is 105 cm³/mol. The molecule has 2 aliphatic heterocycles. The van der Waals surface area contributed by atoms with Gasteiger partial charge in [-0.25, -0.2) is 9.78 Å². The van der Waals surface area contributed by atoms with E-state index in [4.69, 9.17) is 15.2 Å². The summed E-state index contributed by atoms with van der Waals surface area (Å²) in [6.07, 6.45) is 0.0154. The summed E-state index contributed by atoms with van der Waals surface area (Å²) in [5.41, 5.74) is 6.33. The third-order valence-corrected chi connectivity index (χ3v) is 5.23. The standard InChI is InChI=1S/C18H19N5O5S/c19-15(24)7-11-10-29-17(20-11)21-16(25)9-22-3-4-23(18(22)26)12-1-2-13-14(8-12)28-6-5-27-13/h1-2,8,10H,3-7,9H2,(H2,19,24)(H,20,21,25). The Bertz CT molecular complexity index is 962. The van der Waals surface area contributed by atoms with Crippen LogP contribution in [-0.4, -0.2) is 60.6 Å². The van der Waals surface area contributed by atoms with E-state index in [-0.39, 0.29) is 24.9 Å². The monoisotopic (exact) mass is 417 g/mol. The Hall–Kier alpha value is -3.34. The van der Waals surface area contributed by atoms with Gasteiger partial charge in [-0.15, -0.1) is 11.3 Å². The number of rotatable bonds is 6. The van der Waals surface area contributed by atoms with Crippen LogP contribution in [0.4, 0.5) is 15.6 Å². The number of aromatic nitrogens is 1. The second kappa shape index (κ2) is 7.95. The first kappa shape index (κ1) is 19.0. The number of nitrogens with two attached hydrogens (primary N) is 1. The summed E-state index contributed by atoms with van der Waals surface area (Å²) in [6, 6.07) is 5.08. The van der Waals surface area contributed by atoms with Gasteiger partial charge in [0.25, 0.3) is 0 Å². The fourth-order valence-corrected chi connectivity index (χ4v) is 3.85. The largest absolute Gasteiger partial charge is 0.486 e. The number of hydrogen-bond donors (Lipinski definition) is 2. The maximum absolute atomic E-state index is 12.7. The van der Waals surface area contributed by atoms with E-state index < -0.39 is 5.91 Å². The van der Waals surface area contributed by atoms with E-state index in [9.17, 15) is 14.4 Å². The van der Waals surface area contributed by atoms with Crippen molar-refractivity contribution < 1.29 is 23.9 Å². The third-order valence-electron chi connectivity index (χ3n) is 4.42. The van der Waals surface area contributed by atoms with Gasteiger partial charge in [-0.2, -0.15) is 0 Å². The van der Waals surface area contributed by atoms with Crippen molar-refractivity contribution in [3.63, 3.8) is 0 Å². The van der Waals surface area contributed by atoms with E-state index >= 15 is 0 Å². The average Bonchev–Trinajstić information content (AvgIpc) is 3.27. The topological polar surface area (TPSA) is 127 Å². The molecule has 0 atom stereocenters. The van der Waals surface area contributed by atoms with Crippen LogP contribution < -0.4 is 25.4 Å². The lowest BCUT2D eigenvalue weighted by molar-refractivity contribution is -0.117. The lowest BCUT2D eigenvalue weighted by Gasteiger charge is -2.22. The van der Waals surface area contributed by atoms with Gasteiger partial charge in [-0.05, 0) is 12.1 Å². The summed E-state index contributed by atoms with van der Waals surface area (Å²) in [7, 11) is 0. The van der Waals surface area contributed by atoms with Gasteiger partial charge in [0.2, 0.25) is 11.8 Å². The molecule has 0 aliphatic carbocycles. The van der Waals surface area contributed by atoms with E-state index in [1.165, 1.54) is 16.2 Å². The van der Waals surface area contributed by atoms with Crippen LogP contribution in [-0.2, 0) is 16.0 Å². The first-order chi connectivity index (χ1) is 14.0. The zero-order valence-electron chi connectivity index (χ0n) is 15.4. The highest BCUT2D eigenvalue weighted by Gasteiger charge is 2.31. The number of nitrogens with one attached hydrogen (secondary N) is 1. The highest BCUT2D eigenvalue weighted by atomic mass is 32.1. The second-order valence-electron chi connectivity index (χ2n) is 6.52. The second-order valence-corrected chi connectivity index (χ2v) is 7.38. The Labute approximate surface area is 170 Å². The quantitative estimate of drug-likeness (QED) is 0.717. The number of urea groups is 1. The lowest BCUT2D eigenvalue weighted by Crippen LogP contribution is -2.37. The van der Waals surface area contributed by atoms with Crippen molar-refractivity contribution in [2.24, 2.45) is 5.73 Å². The van der Waals surface area contributed by atoms with Crippen molar-refractivity contribution in [1.29, 1.82) is 0 Å². The molecule has 1 fully saturated rings. The van der Waals surface area contributed by atoms with Crippen LogP contribution in [0.15, 0.2) is 23.6 Å². The molecule has 2 aliphatic rings. The Balaban J connectivity index is 1.36. The fraction of sp³-hybridized carbons (Fsp3) is 0.333. The molecule has 4 amide bonds. The first-order valence-electron chi connectivity index (χ1n) is 8.98. The van der Waals surface area contributed by atoms with Crippen LogP contribution in [0.2, 0.25) is 0 Å². The number of thiazole rings is 1. The third kappa shape index (κ3) is 4.24. The van der Waals surface area contributed by atoms with E-state index in [1.54, 1.807) is 28.5 Å². The van der Waals surface area contributed by atoms with E-state index in [2.05, 4.69) is 10.3 Å². The van der Waals surface area contributed by atoms with Gasteiger partial charge in [-0.3, -0.25) is 14.5 Å². The van der Waals surface area contributed by atoms with Crippen molar-refractivity contribution in [2.45, 2.75) is 6.42 Å². The summed E-state index contributed by atoms with van der Waals surface area (Å²) in [5, 5.41) is 4.67. The van der Waals surface area contributed by atoms with Crippen LogP contribution in [0.1, 0.15) is 5.69 Å². The number of fused-ring (bicyclic) bond motifs is 1. The molecule has 3 heterocycles. The molecule has 0 saturated carbocycles. The highest BCUT2D eigenvalue weighted by Crippen LogP contribution is 2.35. The molecule has 1 aromatic carbocycles. The molecule has 2 aromatic rings. The maximum atomic E-state index is 12.7. The molecule has 1 aromatic heterocycles. The van der Waals surface area contributed by atoms with Crippen LogP contribution in [0.3, 0.4) is 0 Å². The molecular weight excluding hydrogens is 398 g/mol. The summed E-state index contributed by atoms with van der Waals surface area (Å²) in [4.78, 5) is 43.1. The van der Waals surface area contributed by atoms with Crippen LogP contribution in [0.5, 0.6) is 11.5 Å². The van der Waals surface area contributed by atoms with Crippen LogP contribution >= 0.6 is 11.3 Å². The molecule has 152 valence electrons. The molecule has 4 rings (SSSR count). The summed E-state index contributed by atoms with van der Waals surface area (Å²) >= 11 is 1.20. The van der Waals surface area contributed by atoms with Gasteiger partial charge in [0, 0.05) is 30.2 Å². The van der Waals surface area contributed by atoms with Gasteiger partial charge in [0.15, 0.2) is 16.6 Å². The minimum absolute atomic E-state index is 0.0154. The number of amides is 4. The summed E-state index contributed by atoms with van der Waals surface area (Å²) < 4.78 is 11.1. The minimum atomic E-state index is -0.491. The van der Waals surface area contributed by atoms with Crippen molar-refractivity contribution in [1.82, 2.24) is 9.88 Å². The zero-order chi connectivity index (χ0) is 20.4. The lowest BCUT2D eigenvalue weighted by atomic mass is 10.2. The van der Waals surface area contributed by atoms with Crippen molar-refractivity contribution in [3.8, 4) is 11.5 Å². The van der Waals surface area contributed by atoms with Crippen LogP contribution in [0.25, 0.3) is 0 Å². The normalized spacial score (nSPS) is 15.5. The molecule has 0 radical (unpaired) electrons. The number of benzene rings is 1. The Morgan fingerprint density at radius 2 is 2.00 bits per heavy atom. The molecule has 29 heavy (non-hydrogen) atoms. The van der Waals surface area contributed by atoms with Gasteiger partial charge < -0.3 is 25.4 Å². The molecule has 0 unspecified atom stereocenters. The predicted octanol–water partition coefficient (Wildman–Crippen LogP) is 0.823. The summed E-state index contributed by atoms with van der Waals surface area (Å²) in [5.74, 6) is 0.410. The maximum Gasteiger partial charge on any atom is 0.325 e. The molecule has 0 spiro atoms. The van der Waals surface area contributed by atoms with E-state index in [1.807, 2.05) is 0 Å². The van der Waals surface area contributed by atoms with Crippen LogP contribution in [0, 0.1) is 0 Å². The van der Waals surface area contributed by atoms with E-state index in [0.717, 1.165) is 0 Å². The highest BCUT2D eigenvalue weighted by molar-refractivity contribution is 7.13. The fourth-order valence-electron chi connectivity index (χ4n) is 3.13. The van der Waals surface area contributed by atoms with Crippen molar-refractivity contribution in [3.05, 3.63) is 29.3 Å². The Morgan fingerprint density at radius 1 is 1.21 bits per heavy atom. The number of carbonyl (C=O) groups is 3. The van der Waals surface area contributed by atoms with Gasteiger partial charge in [-0.1, -0.05) is 0 Å². The number of ether oxygens (including phenoxy) is 2. The number of carbonyl (C=O) groups excluding carboxylic acids is 3. The molecule has 10 nitrogen and oxygen atoms in total. The number of nitrogens with zero attached hydrogens (tertiary/aromatic N) is 3. The number of hydrogen-bond acceptors (Lipinski definition) is 7. The smallest absolute Gasteiger partial charge is 0.325 e. The van der Waals surface area contributed by atoms with Crippen molar-refractivity contribution >= 4 is 40.0 Å². The molecule has 3 N–H and O–H groups in total. The SMILES string of the molecule is NC(=O)Cc1csc(NC(=O)CN2CCN(c3ccc4c(c3)OCCO4)C2=O)n1. The average molecular weight is 417 g/mol. The summed E-state index contributed by atoms with van der Waals surface area (Å²) in [6.45, 7) is 1.76. The molecule has 11 heteroatoms. The van der Waals surface area contributed by atoms with Gasteiger partial charge in [0.1, 0.15) is 19.8 Å². The zero-order valence-corrected chi connectivity index (χ0v) is 16.2. The molecule has 1 saturated heterocycles. The van der Waals surface area contributed by atoms with Gasteiger partial charge >= 0.3 is 6.03 Å². The molecular formula is C18H19N5O5S. The van der Waals surface area contributed by atoms with Crippen molar-refractivity contribution in [2.75, 3.05) is 43.1 Å².